The standard InChI is InChI=1S/C17H17BrFNO/c18-12-6-5-11(9-12)10-20-17(21)15-7-8-16(19)14-4-2-1-3-13(14)15/h1-4,7-8,11-12H,5-6,9-10H2,(H,20,21). The summed E-state index contributed by atoms with van der Waals surface area (Å²) in [4.78, 5) is 12.9. The fourth-order valence-corrected chi connectivity index (χ4v) is 3.78. The number of carbonyl (C=O) groups is 1. The number of alkyl halides is 1. The number of nitrogens with one attached hydrogen (secondary N) is 1. The summed E-state index contributed by atoms with van der Waals surface area (Å²) in [6.07, 6.45) is 3.41. The van der Waals surface area contributed by atoms with E-state index in [0.717, 1.165) is 12.8 Å². The smallest absolute Gasteiger partial charge is 0.251 e. The molecule has 2 atom stereocenters. The Morgan fingerprint density at radius 2 is 1.95 bits per heavy atom. The molecule has 3 rings (SSSR count). The fourth-order valence-electron chi connectivity index (χ4n) is 2.99. The zero-order valence-corrected chi connectivity index (χ0v) is 13.2. The highest BCUT2D eigenvalue weighted by Gasteiger charge is 2.23. The van der Waals surface area contributed by atoms with Crippen LogP contribution in [-0.4, -0.2) is 17.3 Å². The Morgan fingerprint density at radius 3 is 2.67 bits per heavy atom. The maximum absolute atomic E-state index is 13.8. The summed E-state index contributed by atoms with van der Waals surface area (Å²) < 4.78 is 13.8. The van der Waals surface area contributed by atoms with Crippen molar-refractivity contribution in [2.75, 3.05) is 6.54 Å². The third kappa shape index (κ3) is 3.10. The van der Waals surface area contributed by atoms with Gasteiger partial charge in [-0.25, -0.2) is 4.39 Å². The third-order valence-corrected chi connectivity index (χ3v) is 4.98. The van der Waals surface area contributed by atoms with Crippen molar-refractivity contribution in [2.24, 2.45) is 5.92 Å². The van der Waals surface area contributed by atoms with Gasteiger partial charge in [0.05, 0.1) is 0 Å². The zero-order chi connectivity index (χ0) is 14.8. The van der Waals surface area contributed by atoms with E-state index in [0.29, 0.717) is 33.6 Å². The van der Waals surface area contributed by atoms with Crippen LogP contribution in [0.4, 0.5) is 4.39 Å². The maximum Gasteiger partial charge on any atom is 0.251 e. The monoisotopic (exact) mass is 349 g/mol. The molecule has 2 nitrogen and oxygen atoms in total. The molecule has 2 aromatic rings. The summed E-state index contributed by atoms with van der Waals surface area (Å²) in [5.41, 5.74) is 0.542. The van der Waals surface area contributed by atoms with Gasteiger partial charge in [-0.2, -0.15) is 0 Å². The van der Waals surface area contributed by atoms with Crippen LogP contribution in [0.3, 0.4) is 0 Å². The van der Waals surface area contributed by atoms with Gasteiger partial charge in [-0.15, -0.1) is 0 Å². The van der Waals surface area contributed by atoms with Crippen LogP contribution in [0.2, 0.25) is 0 Å². The fraction of sp³-hybridized carbons (Fsp3) is 0.353. The average Bonchev–Trinajstić information content (AvgIpc) is 2.91. The Morgan fingerprint density at radius 1 is 1.19 bits per heavy atom. The Hall–Kier alpha value is -1.42. The molecule has 0 saturated heterocycles. The third-order valence-electron chi connectivity index (χ3n) is 4.14. The second-order valence-electron chi connectivity index (χ2n) is 5.63. The average molecular weight is 350 g/mol. The SMILES string of the molecule is O=C(NCC1CCC(Br)C1)c1ccc(F)c2ccccc12. The lowest BCUT2D eigenvalue weighted by atomic mass is 10.0. The number of carbonyl (C=O) groups excluding carboxylic acids is 1. The minimum atomic E-state index is -0.292. The first-order valence-electron chi connectivity index (χ1n) is 7.24. The van der Waals surface area contributed by atoms with Crippen LogP contribution >= 0.6 is 15.9 Å². The summed E-state index contributed by atoms with van der Waals surface area (Å²) >= 11 is 3.62. The molecule has 0 aromatic heterocycles. The van der Waals surface area contributed by atoms with Crippen LogP contribution in [0.25, 0.3) is 10.8 Å². The van der Waals surface area contributed by atoms with Crippen molar-refractivity contribution in [3.8, 4) is 0 Å². The summed E-state index contributed by atoms with van der Waals surface area (Å²) in [7, 11) is 0. The van der Waals surface area contributed by atoms with Gasteiger partial charge in [0.15, 0.2) is 0 Å². The molecular weight excluding hydrogens is 333 g/mol. The van der Waals surface area contributed by atoms with Crippen molar-refractivity contribution in [3.63, 3.8) is 0 Å². The Balaban J connectivity index is 1.77. The van der Waals surface area contributed by atoms with E-state index in [1.165, 1.54) is 12.5 Å². The van der Waals surface area contributed by atoms with Crippen LogP contribution in [0, 0.1) is 11.7 Å². The second kappa shape index (κ2) is 6.14. The van der Waals surface area contributed by atoms with Crippen LogP contribution in [-0.2, 0) is 0 Å². The van der Waals surface area contributed by atoms with E-state index >= 15 is 0 Å². The molecule has 21 heavy (non-hydrogen) atoms. The topological polar surface area (TPSA) is 29.1 Å². The van der Waals surface area contributed by atoms with Gasteiger partial charge in [-0.1, -0.05) is 40.2 Å². The highest BCUT2D eigenvalue weighted by Crippen LogP contribution is 2.30. The lowest BCUT2D eigenvalue weighted by Gasteiger charge is -2.12. The first-order chi connectivity index (χ1) is 10.1. The minimum Gasteiger partial charge on any atom is -0.352 e. The number of fused-ring (bicyclic) bond motifs is 1. The van der Waals surface area contributed by atoms with Crippen LogP contribution in [0.1, 0.15) is 29.6 Å². The first kappa shape index (κ1) is 14.5. The largest absolute Gasteiger partial charge is 0.352 e. The summed E-state index contributed by atoms with van der Waals surface area (Å²) in [5, 5.41) is 4.15. The van der Waals surface area contributed by atoms with E-state index in [2.05, 4.69) is 21.2 Å². The number of hydrogen-bond donors (Lipinski definition) is 1. The predicted molar refractivity (Wildman–Crippen MR) is 86.3 cm³/mol. The van der Waals surface area contributed by atoms with Crippen molar-refractivity contribution in [2.45, 2.75) is 24.1 Å². The van der Waals surface area contributed by atoms with Crippen LogP contribution < -0.4 is 5.32 Å². The molecule has 1 aliphatic carbocycles. The molecule has 2 unspecified atom stereocenters. The maximum atomic E-state index is 13.8. The van der Waals surface area contributed by atoms with Crippen molar-refractivity contribution < 1.29 is 9.18 Å². The molecule has 2 aromatic carbocycles. The Kier molecular flexibility index (Phi) is 4.24. The Labute approximate surface area is 131 Å². The summed E-state index contributed by atoms with van der Waals surface area (Å²) in [6, 6.07) is 10.0. The molecule has 0 radical (unpaired) electrons. The Bertz CT molecular complexity index is 673. The molecule has 0 heterocycles. The zero-order valence-electron chi connectivity index (χ0n) is 11.6. The van der Waals surface area contributed by atoms with E-state index in [1.54, 1.807) is 24.3 Å². The quantitative estimate of drug-likeness (QED) is 0.823. The van der Waals surface area contributed by atoms with Gasteiger partial charge in [0, 0.05) is 22.3 Å². The lowest BCUT2D eigenvalue weighted by Crippen LogP contribution is -2.28. The molecule has 0 bridgehead atoms. The van der Waals surface area contributed by atoms with Crippen LogP contribution in [0.5, 0.6) is 0 Å². The van der Waals surface area contributed by atoms with E-state index < -0.39 is 0 Å². The van der Waals surface area contributed by atoms with E-state index in [4.69, 9.17) is 0 Å². The van der Waals surface area contributed by atoms with E-state index in [-0.39, 0.29) is 11.7 Å². The predicted octanol–water partition coefficient (Wildman–Crippen LogP) is 4.27. The number of rotatable bonds is 3. The number of halogens is 2. The van der Waals surface area contributed by atoms with Crippen LogP contribution in [0.15, 0.2) is 36.4 Å². The van der Waals surface area contributed by atoms with E-state index in [1.807, 2.05) is 6.07 Å². The minimum absolute atomic E-state index is 0.121. The number of benzene rings is 2. The van der Waals surface area contributed by atoms with Gasteiger partial charge in [0.1, 0.15) is 5.82 Å². The van der Waals surface area contributed by atoms with Crippen molar-refractivity contribution in [1.29, 1.82) is 0 Å². The van der Waals surface area contributed by atoms with Gasteiger partial charge in [-0.3, -0.25) is 4.79 Å². The van der Waals surface area contributed by atoms with Crippen molar-refractivity contribution in [1.82, 2.24) is 5.32 Å². The van der Waals surface area contributed by atoms with Gasteiger partial charge in [0.2, 0.25) is 0 Å². The molecule has 4 heteroatoms. The van der Waals surface area contributed by atoms with Gasteiger partial charge >= 0.3 is 0 Å². The van der Waals surface area contributed by atoms with Gasteiger partial charge in [-0.05, 0) is 42.7 Å². The summed E-state index contributed by atoms with van der Waals surface area (Å²) in [5.74, 6) is 0.120. The number of amides is 1. The molecule has 1 fully saturated rings. The molecule has 110 valence electrons. The van der Waals surface area contributed by atoms with Gasteiger partial charge in [0.25, 0.3) is 5.91 Å². The molecule has 1 aliphatic rings. The molecule has 0 spiro atoms. The normalized spacial score (nSPS) is 21.6. The van der Waals surface area contributed by atoms with Crippen molar-refractivity contribution in [3.05, 3.63) is 47.8 Å². The van der Waals surface area contributed by atoms with Gasteiger partial charge < -0.3 is 5.32 Å². The number of hydrogen-bond acceptors (Lipinski definition) is 1. The van der Waals surface area contributed by atoms with Crippen molar-refractivity contribution >= 4 is 32.6 Å². The highest BCUT2D eigenvalue weighted by molar-refractivity contribution is 9.09. The highest BCUT2D eigenvalue weighted by atomic mass is 79.9. The second-order valence-corrected chi connectivity index (χ2v) is 6.92. The molecule has 0 aliphatic heterocycles. The summed E-state index contributed by atoms with van der Waals surface area (Å²) in [6.45, 7) is 0.687. The molecule has 1 saturated carbocycles. The van der Waals surface area contributed by atoms with E-state index in [9.17, 15) is 9.18 Å². The molecule has 1 N–H and O–H groups in total. The molecule has 1 amide bonds. The molecular formula is C17H17BrFNO. The first-order valence-corrected chi connectivity index (χ1v) is 8.16. The lowest BCUT2D eigenvalue weighted by molar-refractivity contribution is 0.0949.